The molecule has 3 heterocycles. The van der Waals surface area contributed by atoms with Crippen molar-refractivity contribution in [1.82, 2.24) is 14.9 Å². The van der Waals surface area contributed by atoms with Crippen LogP contribution >= 0.6 is 0 Å². The molecular weight excluding hydrogens is 399 g/mol. The van der Waals surface area contributed by atoms with Crippen LogP contribution in [0.5, 0.6) is 0 Å². The van der Waals surface area contributed by atoms with Crippen LogP contribution in [-0.4, -0.2) is 46.0 Å². The van der Waals surface area contributed by atoms with Gasteiger partial charge < -0.3 is 20.7 Å². The number of hydrogen-bond donors (Lipinski definition) is 2. The number of nitrogens with two attached hydrogens (primary N) is 1. The fourth-order valence-electron chi connectivity index (χ4n) is 3.24. The first-order valence-electron chi connectivity index (χ1n) is 9.50. The third-order valence-corrected chi connectivity index (χ3v) is 4.81. The second-order valence-corrected chi connectivity index (χ2v) is 6.73. The zero-order chi connectivity index (χ0) is 22.4. The molecule has 158 valence electrons. The molecule has 3 rings (SSSR count). The van der Waals surface area contributed by atoms with Gasteiger partial charge in [-0.05, 0) is 30.8 Å². The van der Waals surface area contributed by atoms with Crippen molar-refractivity contribution in [2.45, 2.75) is 25.4 Å². The summed E-state index contributed by atoms with van der Waals surface area (Å²) >= 11 is 0. The Balaban J connectivity index is 1.91. The molecule has 2 aromatic heterocycles. The van der Waals surface area contributed by atoms with Crippen molar-refractivity contribution >= 4 is 23.8 Å². The van der Waals surface area contributed by atoms with Crippen LogP contribution in [0.25, 0.3) is 11.3 Å². The number of nitrogens with one attached hydrogen (secondary N) is 1. The van der Waals surface area contributed by atoms with E-state index in [2.05, 4.69) is 26.2 Å². The van der Waals surface area contributed by atoms with E-state index < -0.39 is 11.9 Å². The highest BCUT2D eigenvalue weighted by Gasteiger charge is 2.34. The van der Waals surface area contributed by atoms with Crippen molar-refractivity contribution in [3.05, 3.63) is 53.7 Å². The first-order valence-corrected chi connectivity index (χ1v) is 9.50. The number of halogens is 1. The molecule has 9 heteroatoms. The van der Waals surface area contributed by atoms with Crippen LogP contribution < -0.4 is 11.1 Å². The highest BCUT2D eigenvalue weighted by Crippen LogP contribution is 2.29. The van der Waals surface area contributed by atoms with Crippen molar-refractivity contribution in [3.63, 3.8) is 0 Å². The van der Waals surface area contributed by atoms with E-state index in [4.69, 9.17) is 12.2 Å². The zero-order valence-corrected chi connectivity index (χ0v) is 16.9. The van der Waals surface area contributed by atoms with Crippen LogP contribution in [0.3, 0.4) is 0 Å². The third-order valence-electron chi connectivity index (χ3n) is 4.81. The summed E-state index contributed by atoms with van der Waals surface area (Å²) in [5.74, 6) is 2.27. The fourth-order valence-corrected chi connectivity index (χ4v) is 3.24. The summed E-state index contributed by atoms with van der Waals surface area (Å²) in [5.41, 5.74) is 6.68. The highest BCUT2D eigenvalue weighted by atomic mass is 19.1. The van der Waals surface area contributed by atoms with Crippen molar-refractivity contribution in [2.24, 2.45) is 10.7 Å². The van der Waals surface area contributed by atoms with Crippen LogP contribution in [0.4, 0.5) is 10.2 Å². The van der Waals surface area contributed by atoms with Gasteiger partial charge >= 0.3 is 0 Å². The quantitative estimate of drug-likeness (QED) is 0.307. The number of hydrogen-bond acceptors (Lipinski definition) is 6. The Bertz CT molecular complexity index is 1110. The molecule has 1 amide bonds. The van der Waals surface area contributed by atoms with Gasteiger partial charge in [-0.3, -0.25) is 9.79 Å². The van der Waals surface area contributed by atoms with Gasteiger partial charge in [-0.25, -0.2) is 14.4 Å². The predicted molar refractivity (Wildman–Crippen MR) is 116 cm³/mol. The first kappa shape index (κ1) is 21.6. The van der Waals surface area contributed by atoms with E-state index in [0.717, 1.165) is 6.20 Å². The summed E-state index contributed by atoms with van der Waals surface area (Å²) in [5, 5.41) is 2.92. The minimum Gasteiger partial charge on any atom is -0.404 e. The van der Waals surface area contributed by atoms with Crippen molar-refractivity contribution in [1.29, 1.82) is 0 Å². The number of nitrogens with zero attached hydrogens (tertiary/aromatic N) is 4. The van der Waals surface area contributed by atoms with Crippen molar-refractivity contribution in [3.8, 4) is 23.6 Å². The van der Waals surface area contributed by atoms with Gasteiger partial charge in [-0.2, -0.15) is 0 Å². The molecule has 0 bridgehead atoms. The summed E-state index contributed by atoms with van der Waals surface area (Å²) in [6.07, 6.45) is 10.6. The number of fused-ring (bicyclic) bond motifs is 1. The Hall–Kier alpha value is -4.06. The van der Waals surface area contributed by atoms with Gasteiger partial charge in [0.2, 0.25) is 0 Å². The summed E-state index contributed by atoms with van der Waals surface area (Å²) in [6.45, 7) is 0.253. The van der Waals surface area contributed by atoms with Crippen molar-refractivity contribution in [2.75, 3.05) is 12.4 Å². The maximum Gasteiger partial charge on any atom is 0.273 e. The van der Waals surface area contributed by atoms with E-state index >= 15 is 0 Å². The number of terminal acetylenes is 1. The lowest BCUT2D eigenvalue weighted by molar-refractivity contribution is -0.112. The molecule has 1 atom stereocenters. The first-order chi connectivity index (χ1) is 15.0. The third kappa shape index (κ3) is 4.59. The van der Waals surface area contributed by atoms with Gasteiger partial charge in [0.15, 0.2) is 5.82 Å². The second-order valence-electron chi connectivity index (χ2n) is 6.73. The molecule has 0 saturated heterocycles. The number of aliphatic imine (C=N–C) groups is 1. The van der Waals surface area contributed by atoms with E-state index in [-0.39, 0.29) is 29.4 Å². The van der Waals surface area contributed by atoms with Crippen LogP contribution in [0.1, 0.15) is 28.9 Å². The molecule has 8 nitrogen and oxygen atoms in total. The number of amides is 1. The lowest BCUT2D eigenvalue weighted by Gasteiger charge is -2.21. The fraction of sp³-hybridized carbons (Fsp3) is 0.227. The predicted octanol–water partition coefficient (Wildman–Crippen LogP) is 2.13. The smallest absolute Gasteiger partial charge is 0.273 e. The van der Waals surface area contributed by atoms with Gasteiger partial charge in [-0.15, -0.1) is 12.3 Å². The molecule has 2 aromatic rings. The molecule has 1 aliphatic rings. The van der Waals surface area contributed by atoms with Crippen LogP contribution in [0.15, 0.2) is 41.7 Å². The lowest BCUT2D eigenvalue weighted by atomic mass is 10.1. The largest absolute Gasteiger partial charge is 0.404 e. The van der Waals surface area contributed by atoms with E-state index in [9.17, 15) is 14.0 Å². The number of rotatable bonds is 7. The summed E-state index contributed by atoms with van der Waals surface area (Å²) < 4.78 is 14.5. The molecule has 31 heavy (non-hydrogen) atoms. The Morgan fingerprint density at radius 3 is 3.00 bits per heavy atom. The topological polar surface area (TPSA) is 114 Å². The number of pyridine rings is 2. The highest BCUT2D eigenvalue weighted by molar-refractivity contribution is 6.03. The van der Waals surface area contributed by atoms with Gasteiger partial charge in [-0.1, -0.05) is 6.07 Å². The molecule has 1 aliphatic heterocycles. The number of anilines is 1. The molecule has 3 N–H and O–H groups in total. The van der Waals surface area contributed by atoms with E-state index in [0.29, 0.717) is 36.3 Å². The van der Waals surface area contributed by atoms with Gasteiger partial charge in [0.1, 0.15) is 23.6 Å². The summed E-state index contributed by atoms with van der Waals surface area (Å²) in [6, 6.07) is 4.18. The molecule has 0 saturated carbocycles. The standard InChI is InChI=1S/C22H21FN6O2/c1-3-4-5-15(13-30)29-12-14-6-7-18(27-21(14)22(29)31)16-10-20(26-11-17(16)23)28-19(25-2)8-9-24/h1,6-11,13,15H,4-5,12,24H2,2H3,(H,25,26,28). The minimum atomic E-state index is -0.628. The Kier molecular flexibility index (Phi) is 6.72. The number of carbonyl (C=O) groups is 2. The molecule has 1 unspecified atom stereocenters. The van der Waals surface area contributed by atoms with Crippen molar-refractivity contribution < 1.29 is 14.0 Å². The lowest BCUT2D eigenvalue weighted by Crippen LogP contribution is -2.36. The maximum absolute atomic E-state index is 14.5. The number of carbonyl (C=O) groups excluding carboxylic acids is 2. The molecule has 0 fully saturated rings. The summed E-state index contributed by atoms with van der Waals surface area (Å²) in [4.78, 5) is 38.1. The van der Waals surface area contributed by atoms with Gasteiger partial charge in [0.25, 0.3) is 5.91 Å². The van der Waals surface area contributed by atoms with E-state index in [1.54, 1.807) is 19.2 Å². The average molecular weight is 420 g/mol. The Morgan fingerprint density at radius 1 is 1.52 bits per heavy atom. The Labute approximate surface area is 179 Å². The second kappa shape index (κ2) is 9.63. The SMILES string of the molecule is C#CCCC(C=O)N1Cc2ccc(-c3cc(NC(C=CN)=NC)ncc3F)nc2C1=O. The van der Waals surface area contributed by atoms with E-state index in [1.807, 2.05) is 0 Å². The number of amidine groups is 1. The molecule has 0 aromatic carbocycles. The molecule has 0 radical (unpaired) electrons. The van der Waals surface area contributed by atoms with Gasteiger partial charge in [0.05, 0.1) is 17.9 Å². The molecular formula is C22H21FN6O2. The van der Waals surface area contributed by atoms with E-state index in [1.165, 1.54) is 23.2 Å². The zero-order valence-electron chi connectivity index (χ0n) is 16.9. The maximum atomic E-state index is 14.5. The van der Waals surface area contributed by atoms with Gasteiger partial charge in [0, 0.05) is 31.1 Å². The minimum absolute atomic E-state index is 0.165. The molecule has 0 aliphatic carbocycles. The van der Waals surface area contributed by atoms with Crippen LogP contribution in [0.2, 0.25) is 0 Å². The van der Waals surface area contributed by atoms with Crippen LogP contribution in [-0.2, 0) is 11.3 Å². The normalized spacial score (nSPS) is 14.4. The monoisotopic (exact) mass is 420 g/mol. The number of aldehydes is 1. The van der Waals surface area contributed by atoms with Crippen LogP contribution in [0, 0.1) is 18.2 Å². The average Bonchev–Trinajstić information content (AvgIpc) is 3.11. The summed E-state index contributed by atoms with van der Waals surface area (Å²) in [7, 11) is 1.57. The molecule has 0 spiro atoms. The number of aromatic nitrogens is 2. The Morgan fingerprint density at radius 2 is 2.32 bits per heavy atom.